The molecule has 1 N–H and O–H groups in total. The summed E-state index contributed by atoms with van der Waals surface area (Å²) >= 11 is 1.20. The molecular formula is C24H24N4O3S. The number of amides is 1. The summed E-state index contributed by atoms with van der Waals surface area (Å²) in [6.07, 6.45) is 3.26. The van der Waals surface area contributed by atoms with Crippen LogP contribution in [0, 0.1) is 6.92 Å². The number of unbranched alkanes of at least 4 members (excludes halogenated alkanes) is 1. The van der Waals surface area contributed by atoms with Gasteiger partial charge in [0.2, 0.25) is 5.91 Å². The van der Waals surface area contributed by atoms with E-state index in [0.29, 0.717) is 27.6 Å². The van der Waals surface area contributed by atoms with Gasteiger partial charge >= 0.3 is 0 Å². The van der Waals surface area contributed by atoms with Gasteiger partial charge in [-0.25, -0.2) is 4.98 Å². The van der Waals surface area contributed by atoms with Gasteiger partial charge in [0.1, 0.15) is 5.76 Å². The van der Waals surface area contributed by atoms with Crippen molar-refractivity contribution in [1.29, 1.82) is 0 Å². The highest BCUT2D eigenvalue weighted by atomic mass is 32.2. The van der Waals surface area contributed by atoms with Crippen molar-refractivity contribution in [1.82, 2.24) is 14.7 Å². The fraction of sp³-hybridized carbons (Fsp3) is 0.250. The number of rotatable bonds is 8. The van der Waals surface area contributed by atoms with Crippen molar-refractivity contribution >= 4 is 34.4 Å². The number of aromatic nitrogens is 3. The molecule has 0 saturated carbocycles. The van der Waals surface area contributed by atoms with Crippen molar-refractivity contribution in [3.63, 3.8) is 0 Å². The smallest absolute Gasteiger partial charge is 0.266 e. The molecule has 4 aromatic rings. The lowest BCUT2D eigenvalue weighted by atomic mass is 10.1. The molecule has 2 heterocycles. The van der Waals surface area contributed by atoms with Crippen LogP contribution in [0.2, 0.25) is 0 Å². The van der Waals surface area contributed by atoms with Gasteiger partial charge in [-0.05, 0) is 49.6 Å². The molecule has 0 unspecified atom stereocenters. The molecule has 0 aliphatic rings. The maximum atomic E-state index is 13.3. The van der Waals surface area contributed by atoms with E-state index >= 15 is 0 Å². The van der Waals surface area contributed by atoms with Crippen LogP contribution in [0.1, 0.15) is 31.1 Å². The number of nitrogens with zero attached hydrogens (tertiary/aromatic N) is 3. The topological polar surface area (TPSA) is 90.0 Å². The van der Waals surface area contributed by atoms with Crippen LogP contribution in [0.15, 0.2) is 69.1 Å². The highest BCUT2D eigenvalue weighted by Gasteiger charge is 2.15. The third-order valence-corrected chi connectivity index (χ3v) is 5.92. The average molecular weight is 449 g/mol. The third-order valence-electron chi connectivity index (χ3n) is 4.99. The van der Waals surface area contributed by atoms with Gasteiger partial charge in [0, 0.05) is 6.07 Å². The summed E-state index contributed by atoms with van der Waals surface area (Å²) in [5, 5.41) is 7.46. The Bertz CT molecular complexity index is 1290. The zero-order chi connectivity index (χ0) is 22.5. The number of hydrogen-bond acceptors (Lipinski definition) is 6. The molecule has 0 atom stereocenters. The Labute approximate surface area is 189 Å². The molecule has 0 radical (unpaired) electrons. The summed E-state index contributed by atoms with van der Waals surface area (Å²) in [6.45, 7) is 3.92. The first-order chi connectivity index (χ1) is 15.5. The number of thioether (sulfide) groups is 1. The minimum atomic E-state index is -0.257. The zero-order valence-corrected chi connectivity index (χ0v) is 18.8. The first-order valence-electron chi connectivity index (χ1n) is 10.5. The van der Waals surface area contributed by atoms with E-state index in [0.717, 1.165) is 24.9 Å². The molecule has 0 fully saturated rings. The van der Waals surface area contributed by atoms with Gasteiger partial charge in [-0.15, -0.1) is 0 Å². The molecule has 0 saturated heterocycles. The largest absolute Gasteiger partial charge is 0.360 e. The normalized spacial score (nSPS) is 11.1. The first-order valence-corrected chi connectivity index (χ1v) is 11.5. The van der Waals surface area contributed by atoms with Gasteiger partial charge in [0.05, 0.1) is 22.3 Å². The summed E-state index contributed by atoms with van der Waals surface area (Å²) in [6, 6.07) is 16.8. The average Bonchev–Trinajstić information content (AvgIpc) is 3.21. The van der Waals surface area contributed by atoms with Crippen molar-refractivity contribution in [2.75, 3.05) is 11.1 Å². The number of anilines is 1. The van der Waals surface area contributed by atoms with Gasteiger partial charge in [-0.1, -0.05) is 54.5 Å². The molecule has 32 heavy (non-hydrogen) atoms. The summed E-state index contributed by atoms with van der Waals surface area (Å²) in [7, 11) is 0. The summed E-state index contributed by atoms with van der Waals surface area (Å²) in [4.78, 5) is 30.4. The van der Waals surface area contributed by atoms with Crippen LogP contribution in [0.3, 0.4) is 0 Å². The monoisotopic (exact) mass is 448 g/mol. The Hall–Kier alpha value is -3.39. The van der Waals surface area contributed by atoms with E-state index in [2.05, 4.69) is 22.4 Å². The Morgan fingerprint density at radius 3 is 2.66 bits per heavy atom. The summed E-state index contributed by atoms with van der Waals surface area (Å²) < 4.78 is 6.55. The van der Waals surface area contributed by atoms with E-state index in [1.54, 1.807) is 29.7 Å². The van der Waals surface area contributed by atoms with Gasteiger partial charge < -0.3 is 9.84 Å². The summed E-state index contributed by atoms with van der Waals surface area (Å²) in [5.74, 6) is 0.790. The van der Waals surface area contributed by atoms with Gasteiger partial charge in [0.25, 0.3) is 5.56 Å². The lowest BCUT2D eigenvalue weighted by Crippen LogP contribution is -2.23. The van der Waals surface area contributed by atoms with Crippen LogP contribution < -0.4 is 10.9 Å². The highest BCUT2D eigenvalue weighted by Crippen LogP contribution is 2.22. The van der Waals surface area contributed by atoms with E-state index in [-0.39, 0.29) is 17.2 Å². The van der Waals surface area contributed by atoms with Crippen molar-refractivity contribution in [2.24, 2.45) is 0 Å². The van der Waals surface area contributed by atoms with Crippen LogP contribution in [-0.2, 0) is 11.2 Å². The van der Waals surface area contributed by atoms with Crippen molar-refractivity contribution in [3.8, 4) is 5.69 Å². The Morgan fingerprint density at radius 1 is 1.16 bits per heavy atom. The Kier molecular flexibility index (Phi) is 6.70. The van der Waals surface area contributed by atoms with Crippen molar-refractivity contribution in [2.45, 2.75) is 38.3 Å². The van der Waals surface area contributed by atoms with E-state index < -0.39 is 0 Å². The predicted octanol–water partition coefficient (Wildman–Crippen LogP) is 4.76. The Morgan fingerprint density at radius 2 is 1.94 bits per heavy atom. The highest BCUT2D eigenvalue weighted by molar-refractivity contribution is 7.99. The molecule has 0 aliphatic carbocycles. The minimum absolute atomic E-state index is 0.0747. The number of benzene rings is 2. The lowest BCUT2D eigenvalue weighted by Gasteiger charge is -2.13. The first kappa shape index (κ1) is 21.8. The number of fused-ring (bicyclic) bond motifs is 1. The standard InChI is InChI=1S/C24H24N4O3S/c1-3-4-7-17-10-12-18(13-11-17)28-23(30)19-8-5-6-9-20(19)25-24(28)32-15-22(29)26-21-14-16(2)31-27-21/h5-6,8-14H,3-4,7,15H2,1-2H3,(H,26,27,29). The Balaban J connectivity index is 1.64. The number of para-hydroxylation sites is 1. The zero-order valence-electron chi connectivity index (χ0n) is 18.0. The molecule has 0 aliphatic heterocycles. The maximum absolute atomic E-state index is 13.3. The molecule has 4 rings (SSSR count). The van der Waals surface area contributed by atoms with Crippen LogP contribution in [0.25, 0.3) is 16.6 Å². The van der Waals surface area contributed by atoms with Crippen molar-refractivity contribution in [3.05, 3.63) is 76.3 Å². The number of carbonyl (C=O) groups excluding carboxylic acids is 1. The molecule has 164 valence electrons. The van der Waals surface area contributed by atoms with E-state index in [1.807, 2.05) is 36.4 Å². The lowest BCUT2D eigenvalue weighted by molar-refractivity contribution is -0.113. The fourth-order valence-electron chi connectivity index (χ4n) is 3.36. The van der Waals surface area contributed by atoms with E-state index in [1.165, 1.54) is 17.3 Å². The third kappa shape index (κ3) is 4.91. The number of aryl methyl sites for hydroxylation is 2. The molecular weight excluding hydrogens is 424 g/mol. The molecule has 0 spiro atoms. The molecule has 8 heteroatoms. The summed E-state index contributed by atoms with van der Waals surface area (Å²) in [5.41, 5.74) is 2.40. The second-order valence-electron chi connectivity index (χ2n) is 7.48. The number of nitrogens with one attached hydrogen (secondary N) is 1. The van der Waals surface area contributed by atoms with Crippen LogP contribution >= 0.6 is 11.8 Å². The van der Waals surface area contributed by atoms with Gasteiger partial charge in [-0.2, -0.15) is 0 Å². The molecule has 7 nitrogen and oxygen atoms in total. The molecule has 0 bridgehead atoms. The van der Waals surface area contributed by atoms with Crippen LogP contribution in [0.5, 0.6) is 0 Å². The quantitative estimate of drug-likeness (QED) is 0.309. The van der Waals surface area contributed by atoms with Crippen LogP contribution in [-0.4, -0.2) is 26.4 Å². The second-order valence-corrected chi connectivity index (χ2v) is 8.42. The van der Waals surface area contributed by atoms with E-state index in [4.69, 9.17) is 4.52 Å². The van der Waals surface area contributed by atoms with E-state index in [9.17, 15) is 9.59 Å². The van der Waals surface area contributed by atoms with Crippen molar-refractivity contribution < 1.29 is 9.32 Å². The predicted molar refractivity (Wildman–Crippen MR) is 127 cm³/mol. The van der Waals surface area contributed by atoms with Crippen LogP contribution in [0.4, 0.5) is 5.82 Å². The maximum Gasteiger partial charge on any atom is 0.266 e. The number of hydrogen-bond donors (Lipinski definition) is 1. The molecule has 2 aromatic heterocycles. The second kappa shape index (κ2) is 9.82. The minimum Gasteiger partial charge on any atom is -0.360 e. The SMILES string of the molecule is CCCCc1ccc(-n2c(SCC(=O)Nc3cc(C)on3)nc3ccccc3c2=O)cc1. The molecule has 2 aromatic carbocycles. The molecule has 1 amide bonds. The van der Waals surface area contributed by atoms with Gasteiger partial charge in [-0.3, -0.25) is 14.2 Å². The van der Waals surface area contributed by atoms with Gasteiger partial charge in [0.15, 0.2) is 11.0 Å². The fourth-order valence-corrected chi connectivity index (χ4v) is 4.18. The number of carbonyl (C=O) groups is 1.